The first kappa shape index (κ1) is 33.0. The average Bonchev–Trinajstić information content (AvgIpc) is 2.92. The Morgan fingerprint density at radius 1 is 0.878 bits per heavy atom. The lowest BCUT2D eigenvalue weighted by molar-refractivity contribution is -0.140. The van der Waals surface area contributed by atoms with E-state index in [1.165, 1.54) is 23.1 Å². The number of hydrogen-bond acceptors (Lipinski definition) is 4. The van der Waals surface area contributed by atoms with Crippen LogP contribution < -0.4 is 9.62 Å². The van der Waals surface area contributed by atoms with Gasteiger partial charge in [0, 0.05) is 35.1 Å². The number of rotatable bonds is 13. The van der Waals surface area contributed by atoms with Crippen molar-refractivity contribution in [2.45, 2.75) is 38.8 Å². The second-order valence-electron chi connectivity index (χ2n) is 9.44. The zero-order valence-electron chi connectivity index (χ0n) is 22.6. The Morgan fingerprint density at radius 3 is 2.12 bits per heavy atom. The molecule has 0 saturated carbocycles. The van der Waals surface area contributed by atoms with Crippen molar-refractivity contribution in [2.75, 3.05) is 23.7 Å². The van der Waals surface area contributed by atoms with E-state index in [0.717, 1.165) is 29.0 Å². The predicted octanol–water partition coefficient (Wildman–Crippen LogP) is 6.62. The van der Waals surface area contributed by atoms with Gasteiger partial charge < -0.3 is 10.2 Å². The predicted molar refractivity (Wildman–Crippen MR) is 168 cm³/mol. The molecule has 0 saturated heterocycles. The monoisotopic (exact) mass is 657 g/mol. The molecule has 0 spiro atoms. The summed E-state index contributed by atoms with van der Waals surface area (Å²) in [7, 11) is -3.96. The number of sulfonamides is 1. The minimum absolute atomic E-state index is 0.127. The number of nitrogens with zero attached hydrogens (tertiary/aromatic N) is 2. The number of hydrogen-bond donors (Lipinski definition) is 1. The highest BCUT2D eigenvalue weighted by Gasteiger charge is 2.33. The van der Waals surface area contributed by atoms with Gasteiger partial charge in [-0.25, -0.2) is 8.42 Å². The van der Waals surface area contributed by atoms with E-state index in [9.17, 15) is 18.0 Å². The molecule has 41 heavy (non-hydrogen) atoms. The Bertz CT molecular complexity index is 1450. The van der Waals surface area contributed by atoms with Gasteiger partial charge in [-0.1, -0.05) is 96.1 Å². The molecule has 0 radical (unpaired) electrons. The van der Waals surface area contributed by atoms with Crippen LogP contribution >= 0.6 is 46.4 Å². The van der Waals surface area contributed by atoms with E-state index in [2.05, 4.69) is 5.32 Å². The van der Waals surface area contributed by atoms with Gasteiger partial charge in [0.15, 0.2) is 0 Å². The quantitative estimate of drug-likeness (QED) is 0.209. The minimum atomic E-state index is -3.96. The highest BCUT2D eigenvalue weighted by atomic mass is 35.5. The van der Waals surface area contributed by atoms with Crippen molar-refractivity contribution in [3.8, 4) is 0 Å². The highest BCUT2D eigenvalue weighted by molar-refractivity contribution is 7.92. The van der Waals surface area contributed by atoms with Gasteiger partial charge in [0.25, 0.3) is 0 Å². The van der Waals surface area contributed by atoms with E-state index >= 15 is 0 Å². The van der Waals surface area contributed by atoms with Gasteiger partial charge in [-0.15, -0.1) is 0 Å². The fourth-order valence-electron chi connectivity index (χ4n) is 4.17. The van der Waals surface area contributed by atoms with Crippen molar-refractivity contribution in [1.82, 2.24) is 10.2 Å². The molecule has 3 rings (SSSR count). The Hall–Kier alpha value is -2.49. The number of carbonyl (C=O) groups is 2. The lowest BCUT2D eigenvalue weighted by atomic mass is 10.0. The van der Waals surface area contributed by atoms with Crippen LogP contribution in [0.1, 0.15) is 30.9 Å². The first-order chi connectivity index (χ1) is 19.4. The maximum absolute atomic E-state index is 14.1. The first-order valence-electron chi connectivity index (χ1n) is 12.9. The number of nitrogens with one attached hydrogen (secondary N) is 1. The molecular weight excluding hydrogens is 628 g/mol. The van der Waals surface area contributed by atoms with Crippen molar-refractivity contribution >= 4 is 73.9 Å². The van der Waals surface area contributed by atoms with Crippen LogP contribution in [0.25, 0.3) is 0 Å². The summed E-state index contributed by atoms with van der Waals surface area (Å²) in [4.78, 5) is 29.1. The average molecular weight is 659 g/mol. The maximum Gasteiger partial charge on any atom is 0.244 e. The van der Waals surface area contributed by atoms with Crippen molar-refractivity contribution < 1.29 is 18.0 Å². The molecule has 0 aliphatic heterocycles. The Labute approximate surface area is 261 Å². The second kappa shape index (κ2) is 15.1. The molecule has 1 unspecified atom stereocenters. The fourth-order valence-corrected chi connectivity index (χ4v) is 5.82. The number of benzene rings is 3. The van der Waals surface area contributed by atoms with Crippen molar-refractivity contribution in [1.29, 1.82) is 0 Å². The Balaban J connectivity index is 2.09. The van der Waals surface area contributed by atoms with E-state index < -0.39 is 28.5 Å². The molecular formula is C29H31Cl4N3O4S. The summed E-state index contributed by atoms with van der Waals surface area (Å²) in [5.74, 6) is -1.01. The Kier molecular flexibility index (Phi) is 12.2. The lowest BCUT2D eigenvalue weighted by Crippen LogP contribution is -2.53. The molecule has 7 nitrogen and oxygen atoms in total. The van der Waals surface area contributed by atoms with Gasteiger partial charge in [0.2, 0.25) is 21.8 Å². The van der Waals surface area contributed by atoms with E-state index in [0.29, 0.717) is 22.2 Å². The van der Waals surface area contributed by atoms with E-state index in [1.54, 1.807) is 18.2 Å². The van der Waals surface area contributed by atoms with Gasteiger partial charge in [0.1, 0.15) is 12.6 Å². The van der Waals surface area contributed by atoms with Crippen LogP contribution in [0.5, 0.6) is 0 Å². The molecule has 3 aromatic carbocycles. The molecule has 12 heteroatoms. The van der Waals surface area contributed by atoms with Crippen molar-refractivity contribution in [3.05, 3.63) is 97.9 Å². The van der Waals surface area contributed by atoms with Gasteiger partial charge in [-0.3, -0.25) is 13.9 Å². The summed E-state index contributed by atoms with van der Waals surface area (Å²) in [6.45, 7) is 1.70. The molecule has 0 fully saturated rings. The number of unbranched alkanes of at least 4 members (excludes halogenated alkanes) is 1. The molecule has 1 atom stereocenters. The Morgan fingerprint density at radius 2 is 1.54 bits per heavy atom. The summed E-state index contributed by atoms with van der Waals surface area (Å²) < 4.78 is 26.7. The summed E-state index contributed by atoms with van der Waals surface area (Å²) in [6, 6.07) is 17.5. The number of anilines is 1. The third-order valence-electron chi connectivity index (χ3n) is 6.36. The normalized spacial score (nSPS) is 12.0. The van der Waals surface area contributed by atoms with Crippen LogP contribution in [0.4, 0.5) is 5.69 Å². The third-order valence-corrected chi connectivity index (χ3v) is 8.95. The number of amides is 2. The van der Waals surface area contributed by atoms with Gasteiger partial charge in [-0.2, -0.15) is 0 Å². The molecule has 3 aromatic rings. The van der Waals surface area contributed by atoms with E-state index in [-0.39, 0.29) is 34.6 Å². The molecule has 1 N–H and O–H groups in total. The third kappa shape index (κ3) is 9.25. The molecule has 0 heterocycles. The van der Waals surface area contributed by atoms with Crippen LogP contribution in [0, 0.1) is 0 Å². The van der Waals surface area contributed by atoms with Crippen LogP contribution in [-0.4, -0.2) is 50.5 Å². The minimum Gasteiger partial charge on any atom is -0.354 e. The summed E-state index contributed by atoms with van der Waals surface area (Å²) in [5.41, 5.74) is 1.40. The number of carbonyl (C=O) groups excluding carboxylic acids is 2. The van der Waals surface area contributed by atoms with Crippen LogP contribution in [0.3, 0.4) is 0 Å². The van der Waals surface area contributed by atoms with Gasteiger partial charge >= 0.3 is 0 Å². The summed E-state index contributed by atoms with van der Waals surface area (Å²) in [6.07, 6.45) is 2.79. The molecule has 0 aliphatic carbocycles. The van der Waals surface area contributed by atoms with Crippen LogP contribution in [0.15, 0.2) is 66.7 Å². The van der Waals surface area contributed by atoms with Gasteiger partial charge in [0.05, 0.1) is 22.0 Å². The second-order valence-corrected chi connectivity index (χ2v) is 13.0. The standard InChI is InChI=1S/C29H31Cl4N3O4S/c1-3-4-15-34-29(38)27(16-20-9-6-5-7-10-20)35(18-22-23(30)11-8-12-24(22)31)28(37)19-36(41(2,39)40)21-13-14-25(32)26(33)17-21/h5-14,17,27H,3-4,15-16,18-19H2,1-2H3,(H,34,38). The summed E-state index contributed by atoms with van der Waals surface area (Å²) >= 11 is 25.1. The highest BCUT2D eigenvalue weighted by Crippen LogP contribution is 2.30. The lowest BCUT2D eigenvalue weighted by Gasteiger charge is -2.34. The topological polar surface area (TPSA) is 86.8 Å². The smallest absolute Gasteiger partial charge is 0.244 e. The van der Waals surface area contributed by atoms with E-state index in [4.69, 9.17) is 46.4 Å². The SMILES string of the molecule is CCCCNC(=O)C(Cc1ccccc1)N(Cc1c(Cl)cccc1Cl)C(=O)CN(c1ccc(Cl)c(Cl)c1)S(C)(=O)=O. The molecule has 2 amide bonds. The van der Waals surface area contributed by atoms with E-state index in [1.807, 2.05) is 37.3 Å². The molecule has 220 valence electrons. The van der Waals surface area contributed by atoms with Crippen molar-refractivity contribution in [2.24, 2.45) is 0 Å². The molecule has 0 aliphatic rings. The maximum atomic E-state index is 14.1. The first-order valence-corrected chi connectivity index (χ1v) is 16.2. The zero-order valence-corrected chi connectivity index (χ0v) is 26.5. The summed E-state index contributed by atoms with van der Waals surface area (Å²) in [5, 5.41) is 3.90. The molecule has 0 bridgehead atoms. The largest absolute Gasteiger partial charge is 0.354 e. The fraction of sp³-hybridized carbons (Fsp3) is 0.310. The zero-order chi connectivity index (χ0) is 30.2. The van der Waals surface area contributed by atoms with Crippen LogP contribution in [0.2, 0.25) is 20.1 Å². The molecule has 0 aromatic heterocycles. The van der Waals surface area contributed by atoms with Crippen LogP contribution in [-0.2, 0) is 32.6 Å². The number of halogens is 4. The van der Waals surface area contributed by atoms with Crippen molar-refractivity contribution in [3.63, 3.8) is 0 Å². The van der Waals surface area contributed by atoms with Gasteiger partial charge in [-0.05, 0) is 42.3 Å².